The van der Waals surface area contributed by atoms with Gasteiger partial charge in [-0.1, -0.05) is 0 Å². The number of hydrogen-bond donors (Lipinski definition) is 1. The van der Waals surface area contributed by atoms with Crippen LogP contribution in [0.2, 0.25) is 0 Å². The second-order valence-electron chi connectivity index (χ2n) is 7.02. The highest BCUT2D eigenvalue weighted by molar-refractivity contribution is 4.79. The summed E-state index contributed by atoms with van der Waals surface area (Å²) in [4.78, 5) is 5.04. The molecule has 0 aliphatic rings. The zero-order chi connectivity index (χ0) is 15.1. The van der Waals surface area contributed by atoms with E-state index in [9.17, 15) is 0 Å². The Bertz CT molecular complexity index is 221. The lowest BCUT2D eigenvalue weighted by Crippen LogP contribution is -2.47. The van der Waals surface area contributed by atoms with Gasteiger partial charge < -0.3 is 10.0 Å². The Morgan fingerprint density at radius 2 is 1.37 bits per heavy atom. The summed E-state index contributed by atoms with van der Waals surface area (Å²) in [6.07, 6.45) is 2.07. The molecule has 0 aliphatic heterocycles. The first-order chi connectivity index (χ1) is 8.70. The summed E-state index contributed by atoms with van der Waals surface area (Å²) in [5.41, 5.74) is 0.238. The Hall–Kier alpha value is -0.120. The van der Waals surface area contributed by atoms with Gasteiger partial charge in [0.25, 0.3) is 0 Å². The molecule has 0 unspecified atom stereocenters. The average Bonchev–Trinajstić information content (AvgIpc) is 2.25. The molecule has 3 heteroatoms. The van der Waals surface area contributed by atoms with Crippen LogP contribution in [-0.2, 0) is 0 Å². The molecule has 0 radical (unpaired) electrons. The molecule has 3 nitrogen and oxygen atoms in total. The van der Waals surface area contributed by atoms with Gasteiger partial charge in [0.05, 0.1) is 0 Å². The predicted octanol–water partition coefficient (Wildman–Crippen LogP) is 2.98. The molecule has 0 rings (SSSR count). The molecule has 0 saturated carbocycles. The van der Waals surface area contributed by atoms with Gasteiger partial charge >= 0.3 is 0 Å². The minimum atomic E-state index is 0.238. The molecule has 0 bridgehead atoms. The van der Waals surface area contributed by atoms with E-state index in [0.717, 1.165) is 26.1 Å². The standard InChI is InChI=1S/C16H36N2O/c1-14(2)17(11-9-13-19)10-8-12-18(15(3)4)16(5,6)7/h14-15,19H,8-13H2,1-7H3. The van der Waals surface area contributed by atoms with E-state index >= 15 is 0 Å². The molecule has 0 aromatic heterocycles. The maximum Gasteiger partial charge on any atom is 0.0443 e. The Labute approximate surface area is 121 Å². The van der Waals surface area contributed by atoms with E-state index in [1.165, 1.54) is 6.42 Å². The number of hydrogen-bond acceptors (Lipinski definition) is 3. The van der Waals surface area contributed by atoms with Crippen molar-refractivity contribution in [3.05, 3.63) is 0 Å². The molecule has 0 fully saturated rings. The molecular formula is C16H36N2O. The molecule has 0 aromatic rings. The quantitative estimate of drug-likeness (QED) is 0.699. The van der Waals surface area contributed by atoms with E-state index in [-0.39, 0.29) is 5.54 Å². The van der Waals surface area contributed by atoms with Crippen LogP contribution < -0.4 is 0 Å². The van der Waals surface area contributed by atoms with Crippen molar-refractivity contribution in [2.75, 3.05) is 26.2 Å². The van der Waals surface area contributed by atoms with E-state index < -0.39 is 0 Å². The summed E-state index contributed by atoms with van der Waals surface area (Å²) in [5.74, 6) is 0. The van der Waals surface area contributed by atoms with Gasteiger partial charge in [0.15, 0.2) is 0 Å². The molecule has 0 aliphatic carbocycles. The first kappa shape index (κ1) is 18.9. The van der Waals surface area contributed by atoms with Crippen LogP contribution in [-0.4, -0.2) is 58.8 Å². The molecule has 0 heterocycles. The third kappa shape index (κ3) is 7.91. The third-order valence-electron chi connectivity index (χ3n) is 3.66. The van der Waals surface area contributed by atoms with Gasteiger partial charge in [-0.2, -0.15) is 0 Å². The van der Waals surface area contributed by atoms with Crippen molar-refractivity contribution in [2.45, 2.75) is 78.9 Å². The van der Waals surface area contributed by atoms with E-state index in [4.69, 9.17) is 5.11 Å². The fourth-order valence-corrected chi connectivity index (χ4v) is 2.71. The van der Waals surface area contributed by atoms with Crippen molar-refractivity contribution >= 4 is 0 Å². The largest absolute Gasteiger partial charge is 0.396 e. The van der Waals surface area contributed by atoms with E-state index in [1.54, 1.807) is 0 Å². The van der Waals surface area contributed by atoms with Crippen molar-refractivity contribution in [3.63, 3.8) is 0 Å². The summed E-state index contributed by atoms with van der Waals surface area (Å²) < 4.78 is 0. The summed E-state index contributed by atoms with van der Waals surface area (Å²) in [7, 11) is 0. The van der Waals surface area contributed by atoms with Crippen LogP contribution in [0.15, 0.2) is 0 Å². The van der Waals surface area contributed by atoms with Gasteiger partial charge in [0, 0.05) is 37.3 Å². The number of rotatable bonds is 9. The SMILES string of the molecule is CC(C)N(CCCO)CCCN(C(C)C)C(C)(C)C. The summed E-state index contributed by atoms with van der Waals surface area (Å²) in [6.45, 7) is 19.5. The molecule has 0 aromatic carbocycles. The maximum atomic E-state index is 8.96. The van der Waals surface area contributed by atoms with Crippen molar-refractivity contribution in [1.29, 1.82) is 0 Å². The zero-order valence-corrected chi connectivity index (χ0v) is 14.2. The maximum absolute atomic E-state index is 8.96. The lowest BCUT2D eigenvalue weighted by molar-refractivity contribution is 0.0889. The van der Waals surface area contributed by atoms with E-state index in [2.05, 4.69) is 58.3 Å². The van der Waals surface area contributed by atoms with Gasteiger partial charge in [-0.25, -0.2) is 0 Å². The lowest BCUT2D eigenvalue weighted by Gasteiger charge is -2.39. The Morgan fingerprint density at radius 3 is 1.74 bits per heavy atom. The van der Waals surface area contributed by atoms with Crippen molar-refractivity contribution in [2.24, 2.45) is 0 Å². The fourth-order valence-electron chi connectivity index (χ4n) is 2.71. The number of aliphatic hydroxyl groups excluding tert-OH is 1. The normalized spacial score (nSPS) is 13.3. The van der Waals surface area contributed by atoms with Crippen LogP contribution in [0.25, 0.3) is 0 Å². The molecule has 0 atom stereocenters. The Kier molecular flexibility index (Phi) is 8.88. The molecule has 19 heavy (non-hydrogen) atoms. The van der Waals surface area contributed by atoms with Gasteiger partial charge in [-0.05, 0) is 67.9 Å². The minimum absolute atomic E-state index is 0.238. The molecule has 116 valence electrons. The van der Waals surface area contributed by atoms with Crippen LogP contribution in [0.1, 0.15) is 61.3 Å². The van der Waals surface area contributed by atoms with Crippen LogP contribution in [0.5, 0.6) is 0 Å². The molecule has 0 amide bonds. The van der Waals surface area contributed by atoms with Gasteiger partial charge in [0.2, 0.25) is 0 Å². The monoisotopic (exact) mass is 272 g/mol. The topological polar surface area (TPSA) is 26.7 Å². The highest BCUT2D eigenvalue weighted by atomic mass is 16.3. The first-order valence-corrected chi connectivity index (χ1v) is 7.81. The van der Waals surface area contributed by atoms with Crippen LogP contribution in [0.3, 0.4) is 0 Å². The molecule has 0 spiro atoms. The lowest BCUT2D eigenvalue weighted by atomic mass is 10.0. The van der Waals surface area contributed by atoms with Crippen molar-refractivity contribution < 1.29 is 5.11 Å². The zero-order valence-electron chi connectivity index (χ0n) is 14.2. The van der Waals surface area contributed by atoms with Crippen LogP contribution in [0.4, 0.5) is 0 Å². The summed E-state index contributed by atoms with van der Waals surface area (Å²) >= 11 is 0. The minimum Gasteiger partial charge on any atom is -0.396 e. The second-order valence-corrected chi connectivity index (χ2v) is 7.02. The van der Waals surface area contributed by atoms with E-state index in [1.807, 2.05) is 0 Å². The average molecular weight is 272 g/mol. The highest BCUT2D eigenvalue weighted by Gasteiger charge is 2.23. The van der Waals surface area contributed by atoms with Crippen LogP contribution in [0, 0.1) is 0 Å². The Balaban J connectivity index is 4.22. The first-order valence-electron chi connectivity index (χ1n) is 7.81. The highest BCUT2D eigenvalue weighted by Crippen LogP contribution is 2.17. The van der Waals surface area contributed by atoms with Gasteiger partial charge in [-0.3, -0.25) is 4.90 Å². The third-order valence-corrected chi connectivity index (χ3v) is 3.66. The fraction of sp³-hybridized carbons (Fsp3) is 1.00. The van der Waals surface area contributed by atoms with Crippen molar-refractivity contribution in [3.8, 4) is 0 Å². The smallest absolute Gasteiger partial charge is 0.0443 e. The Morgan fingerprint density at radius 1 is 0.842 bits per heavy atom. The van der Waals surface area contributed by atoms with Gasteiger partial charge in [-0.15, -0.1) is 0 Å². The number of aliphatic hydroxyl groups is 1. The predicted molar refractivity (Wildman–Crippen MR) is 84.6 cm³/mol. The van der Waals surface area contributed by atoms with E-state index in [0.29, 0.717) is 18.7 Å². The summed E-state index contributed by atoms with van der Waals surface area (Å²) in [6, 6.07) is 1.15. The second kappa shape index (κ2) is 8.93. The molecular weight excluding hydrogens is 236 g/mol. The molecule has 1 N–H and O–H groups in total. The summed E-state index contributed by atoms with van der Waals surface area (Å²) in [5, 5.41) is 8.96. The van der Waals surface area contributed by atoms with Crippen molar-refractivity contribution in [1.82, 2.24) is 9.80 Å². The number of nitrogens with zero attached hydrogens (tertiary/aromatic N) is 2. The van der Waals surface area contributed by atoms with Gasteiger partial charge in [0.1, 0.15) is 0 Å². The van der Waals surface area contributed by atoms with Crippen LogP contribution >= 0.6 is 0 Å². The molecule has 0 saturated heterocycles.